The van der Waals surface area contributed by atoms with E-state index in [0.717, 1.165) is 54.7 Å². The second-order valence-corrected chi connectivity index (χ2v) is 18.7. The zero-order chi connectivity index (χ0) is 64.9. The lowest BCUT2D eigenvalue weighted by Gasteiger charge is -2.35. The van der Waals surface area contributed by atoms with E-state index in [1.807, 2.05) is 0 Å². The zero-order valence-electron chi connectivity index (χ0n) is 48.4. The van der Waals surface area contributed by atoms with Gasteiger partial charge in [0.15, 0.2) is 0 Å². The fourth-order valence-electron chi connectivity index (χ4n) is 6.38. The molecular weight excluding hydrogens is 1140 g/mol. The van der Waals surface area contributed by atoms with Crippen molar-refractivity contribution in [1.29, 1.82) is 0 Å². The Morgan fingerprint density at radius 2 is 0.465 bits per heavy atom. The van der Waals surface area contributed by atoms with Crippen LogP contribution in [-0.4, -0.2) is 191 Å². The van der Waals surface area contributed by atoms with Gasteiger partial charge < -0.3 is 76.9 Å². The molecule has 476 valence electrons. The van der Waals surface area contributed by atoms with E-state index < -0.39 is 199 Å². The van der Waals surface area contributed by atoms with E-state index in [0.29, 0.717) is 25.7 Å². The van der Waals surface area contributed by atoms with E-state index in [1.165, 1.54) is 6.92 Å². The highest BCUT2D eigenvalue weighted by molar-refractivity contribution is 5.84. The van der Waals surface area contributed by atoms with Gasteiger partial charge in [-0.25, -0.2) is 52.7 Å². The van der Waals surface area contributed by atoms with Crippen molar-refractivity contribution in [2.75, 3.05) is 119 Å². The molecule has 0 aromatic heterocycles. The number of hydrogen-bond acceptors (Lipinski definition) is 26. The fraction of sp³-hybridized carbons (Fsp3) is 0.483. The highest BCUT2D eigenvalue weighted by Gasteiger charge is 2.42. The maximum Gasteiger partial charge on any atom is 0.407 e. The van der Waals surface area contributed by atoms with E-state index >= 15 is 0 Å². The van der Waals surface area contributed by atoms with Gasteiger partial charge in [0.05, 0.1) is 48.1 Å². The standard InChI is InChI=1S/C58H78N2O26/c1-11-43(61)75-31-55(32-76-44(62)12-2,33-77-45(63)13-3)27-73-29-57(37-81-49(67)17-7,38-82-50(68)18-8)41-85-53(71)59-25-23-21-22-24-26-60-54(72)86-42-58(39-83-51(69)19-9,40-84-52(70)20-10)30-74-28-56(34-78-46(64)14-4,35-79-47(65)15-5)36-80-48(66)16-6/h11-15,17-20H,1-5,7-10,16,21-42H2,6H3,(H,59,71)(H,60,72). The quantitative estimate of drug-likeness (QED) is 0.0381. The molecule has 0 aliphatic heterocycles. The Bertz CT molecular complexity index is 2260. The lowest BCUT2D eigenvalue weighted by molar-refractivity contribution is -0.171. The smallest absolute Gasteiger partial charge is 0.407 e. The normalized spacial score (nSPS) is 10.9. The van der Waals surface area contributed by atoms with Crippen LogP contribution >= 0.6 is 0 Å². The Kier molecular flexibility index (Phi) is 38.8. The Balaban J connectivity index is 6.13. The molecule has 0 atom stereocenters. The molecule has 0 aromatic carbocycles. The van der Waals surface area contributed by atoms with E-state index in [2.05, 4.69) is 69.8 Å². The first-order chi connectivity index (χ1) is 41.0. The van der Waals surface area contributed by atoms with Crippen molar-refractivity contribution in [2.24, 2.45) is 21.7 Å². The minimum Gasteiger partial charge on any atom is -0.465 e. The first kappa shape index (κ1) is 76.8. The Hall–Kier alpha value is -9.18. The monoisotopic (exact) mass is 1220 g/mol. The summed E-state index contributed by atoms with van der Waals surface area (Å²) in [5.41, 5.74) is -6.49. The number of alkyl carbamates (subject to hydrolysis) is 2. The first-order valence-corrected chi connectivity index (χ1v) is 26.2. The molecular formula is C58H78N2O26. The fourth-order valence-corrected chi connectivity index (χ4v) is 6.38. The summed E-state index contributed by atoms with van der Waals surface area (Å²) >= 11 is 0. The predicted octanol–water partition coefficient (Wildman–Crippen LogP) is 3.49. The molecule has 2 amide bonds. The number of amides is 2. The minimum absolute atomic E-state index is 0.0453. The van der Waals surface area contributed by atoms with Crippen molar-refractivity contribution >= 4 is 71.9 Å². The third-order valence-corrected chi connectivity index (χ3v) is 11.3. The van der Waals surface area contributed by atoms with Gasteiger partial charge in [0, 0.05) is 74.2 Å². The van der Waals surface area contributed by atoms with E-state index in [4.69, 9.17) is 66.3 Å². The van der Waals surface area contributed by atoms with Crippen LogP contribution in [0.3, 0.4) is 0 Å². The molecule has 0 rings (SSSR count). The lowest BCUT2D eigenvalue weighted by Crippen LogP contribution is -2.47. The second-order valence-electron chi connectivity index (χ2n) is 18.7. The molecule has 0 spiro atoms. The van der Waals surface area contributed by atoms with E-state index in [-0.39, 0.29) is 19.5 Å². The van der Waals surface area contributed by atoms with Crippen molar-refractivity contribution in [3.8, 4) is 0 Å². The van der Waals surface area contributed by atoms with Crippen LogP contribution in [-0.2, 0) is 114 Å². The second kappa shape index (κ2) is 43.5. The van der Waals surface area contributed by atoms with Crippen molar-refractivity contribution < 1.29 is 124 Å². The van der Waals surface area contributed by atoms with Crippen LogP contribution < -0.4 is 10.6 Å². The van der Waals surface area contributed by atoms with Crippen LogP contribution in [0.15, 0.2) is 114 Å². The number of hydrogen-bond donors (Lipinski definition) is 2. The molecule has 28 nitrogen and oxygen atoms in total. The number of ether oxygens (including phenoxy) is 14. The van der Waals surface area contributed by atoms with Crippen LogP contribution in [0.5, 0.6) is 0 Å². The van der Waals surface area contributed by atoms with Crippen LogP contribution in [0, 0.1) is 21.7 Å². The molecule has 0 fully saturated rings. The summed E-state index contributed by atoms with van der Waals surface area (Å²) < 4.78 is 75.8. The van der Waals surface area contributed by atoms with E-state index in [9.17, 15) is 57.5 Å². The summed E-state index contributed by atoms with van der Waals surface area (Å²) in [6.45, 7) is 22.9. The van der Waals surface area contributed by atoms with Gasteiger partial charge in [-0.3, -0.25) is 4.79 Å². The third-order valence-electron chi connectivity index (χ3n) is 11.3. The van der Waals surface area contributed by atoms with Gasteiger partial charge in [-0.15, -0.1) is 0 Å². The largest absolute Gasteiger partial charge is 0.465 e. The van der Waals surface area contributed by atoms with Crippen LogP contribution in [0.25, 0.3) is 0 Å². The zero-order valence-corrected chi connectivity index (χ0v) is 48.4. The van der Waals surface area contributed by atoms with E-state index in [1.54, 1.807) is 0 Å². The Morgan fingerprint density at radius 1 is 0.279 bits per heavy atom. The number of unbranched alkanes of at least 4 members (excludes halogenated alkanes) is 3. The summed E-state index contributed by atoms with van der Waals surface area (Å²) in [6, 6.07) is 0. The lowest BCUT2D eigenvalue weighted by atomic mass is 9.90. The van der Waals surface area contributed by atoms with Gasteiger partial charge >= 0.3 is 71.9 Å². The van der Waals surface area contributed by atoms with Gasteiger partial charge in [0.2, 0.25) is 0 Å². The van der Waals surface area contributed by atoms with Crippen LogP contribution in [0.2, 0.25) is 0 Å². The van der Waals surface area contributed by atoms with Gasteiger partial charge in [-0.1, -0.05) is 79.0 Å². The average Bonchev–Trinajstić information content (AvgIpc) is 3.38. The summed E-state index contributed by atoms with van der Waals surface area (Å²) in [4.78, 5) is 148. The SMILES string of the molecule is C=CC(=O)OCC(COCC(COC(=O)C=C)(COC(=O)C=C)COC(=O)NCCCCCCNC(=O)OCC(COCC(COC(=O)C=C)(COC(=O)C=C)COC(=O)CC)(COC(=O)C=C)COC(=O)C=C)(COC(=O)C=C)COC(=O)C=C. The van der Waals surface area contributed by atoms with Crippen molar-refractivity contribution in [1.82, 2.24) is 10.6 Å². The topological polar surface area (TPSA) is 358 Å². The molecule has 0 heterocycles. The predicted molar refractivity (Wildman–Crippen MR) is 300 cm³/mol. The maximum atomic E-state index is 13.1. The number of nitrogens with one attached hydrogen (secondary N) is 2. The first-order valence-electron chi connectivity index (χ1n) is 26.2. The highest BCUT2D eigenvalue weighted by atomic mass is 16.6. The van der Waals surface area contributed by atoms with Gasteiger partial charge in [-0.05, 0) is 12.8 Å². The van der Waals surface area contributed by atoms with Gasteiger partial charge in [-0.2, -0.15) is 0 Å². The number of carbonyl (C=O) groups excluding carboxylic acids is 12. The van der Waals surface area contributed by atoms with Crippen molar-refractivity contribution in [2.45, 2.75) is 39.0 Å². The minimum atomic E-state index is -1.66. The summed E-state index contributed by atoms with van der Waals surface area (Å²) in [5, 5.41) is 5.15. The highest BCUT2D eigenvalue weighted by Crippen LogP contribution is 2.28. The average molecular weight is 1220 g/mol. The van der Waals surface area contributed by atoms with Crippen molar-refractivity contribution in [3.05, 3.63) is 114 Å². The summed E-state index contributed by atoms with van der Waals surface area (Å²) in [7, 11) is 0. The number of esters is 10. The summed E-state index contributed by atoms with van der Waals surface area (Å²) in [6.07, 6.45) is 7.58. The molecule has 0 saturated heterocycles. The molecule has 28 heteroatoms. The summed E-state index contributed by atoms with van der Waals surface area (Å²) in [5.74, 6) is -8.75. The maximum absolute atomic E-state index is 13.1. The number of carbonyl (C=O) groups is 12. The molecule has 86 heavy (non-hydrogen) atoms. The molecule has 0 unspecified atom stereocenters. The Morgan fingerprint density at radius 3 is 0.651 bits per heavy atom. The van der Waals surface area contributed by atoms with Crippen molar-refractivity contribution in [3.63, 3.8) is 0 Å². The molecule has 0 saturated carbocycles. The van der Waals surface area contributed by atoms with Crippen LogP contribution in [0.4, 0.5) is 9.59 Å². The van der Waals surface area contributed by atoms with Gasteiger partial charge in [0.25, 0.3) is 0 Å². The van der Waals surface area contributed by atoms with Crippen LogP contribution in [0.1, 0.15) is 39.0 Å². The van der Waals surface area contributed by atoms with Gasteiger partial charge in [0.1, 0.15) is 79.3 Å². The molecule has 2 N–H and O–H groups in total. The number of rotatable bonds is 49. The molecule has 0 radical (unpaired) electrons. The Labute approximate surface area is 498 Å². The molecule has 0 aromatic rings. The molecule has 0 aliphatic rings. The molecule has 0 aliphatic carbocycles. The third kappa shape index (κ3) is 33.8. The molecule has 0 bridgehead atoms.